The molecule has 2 saturated heterocycles. The van der Waals surface area contributed by atoms with Crippen LogP contribution in [0.15, 0.2) is 91.0 Å². The minimum atomic E-state index is -1.57. The van der Waals surface area contributed by atoms with Crippen molar-refractivity contribution in [1.29, 1.82) is 0 Å². The van der Waals surface area contributed by atoms with E-state index < -0.39 is 73.4 Å². The van der Waals surface area contributed by atoms with Crippen LogP contribution in [0.3, 0.4) is 0 Å². The Labute approximate surface area is 327 Å². The molecule has 14 heteroatoms. The molecule has 3 aromatic rings. The van der Waals surface area contributed by atoms with Crippen LogP contribution in [-0.4, -0.2) is 112 Å². The first-order valence-electron chi connectivity index (χ1n) is 18.6. The molecule has 56 heavy (non-hydrogen) atoms. The van der Waals surface area contributed by atoms with Gasteiger partial charge in [-0.3, -0.25) is 9.59 Å². The van der Waals surface area contributed by atoms with Crippen molar-refractivity contribution in [2.24, 2.45) is 0 Å². The maximum Gasteiger partial charge on any atom is 0.306 e. The molecule has 2 heterocycles. The molecule has 0 spiro atoms. The van der Waals surface area contributed by atoms with E-state index in [-0.39, 0.29) is 51.7 Å². The number of Topliss-reactive ketones (excluding diaryl/α,β-unsaturated/α-hetero) is 1. The lowest BCUT2D eigenvalue weighted by Gasteiger charge is -2.49. The summed E-state index contributed by atoms with van der Waals surface area (Å²) in [4.78, 5) is 37.1. The largest absolute Gasteiger partial charge is 0.457 e. The van der Waals surface area contributed by atoms with Gasteiger partial charge in [0.25, 0.3) is 0 Å². The molecule has 304 valence electrons. The second-order valence-corrected chi connectivity index (χ2v) is 13.6. The number of ether oxygens (including phenoxy) is 10. The number of carbonyl (C=O) groups is 3. The molecule has 2 aliphatic rings. The molecule has 0 unspecified atom stereocenters. The van der Waals surface area contributed by atoms with E-state index in [0.717, 1.165) is 16.7 Å². The summed E-state index contributed by atoms with van der Waals surface area (Å²) in [6.07, 6.45) is -11.4. The zero-order valence-electron chi connectivity index (χ0n) is 32.1. The lowest BCUT2D eigenvalue weighted by Crippen LogP contribution is -2.66. The van der Waals surface area contributed by atoms with Gasteiger partial charge in [-0.05, 0) is 23.6 Å². The molecule has 1 N–H and O–H groups in total. The Hall–Kier alpha value is -4.09. The highest BCUT2D eigenvalue weighted by Crippen LogP contribution is 2.35. The van der Waals surface area contributed by atoms with Gasteiger partial charge >= 0.3 is 11.9 Å². The highest BCUT2D eigenvalue weighted by Gasteiger charge is 2.54. The van der Waals surface area contributed by atoms with Crippen molar-refractivity contribution in [3.8, 4) is 0 Å². The van der Waals surface area contributed by atoms with Gasteiger partial charge in [0.15, 0.2) is 24.8 Å². The number of methoxy groups -OCH3 is 2. The minimum Gasteiger partial charge on any atom is -0.457 e. The molecule has 0 radical (unpaired) electrons. The van der Waals surface area contributed by atoms with E-state index in [1.165, 1.54) is 28.1 Å². The monoisotopic (exact) mass is 780 g/mol. The average molecular weight is 781 g/mol. The zero-order chi connectivity index (χ0) is 39.9. The van der Waals surface area contributed by atoms with Crippen molar-refractivity contribution in [2.45, 2.75) is 108 Å². The van der Waals surface area contributed by atoms with Gasteiger partial charge in [0.1, 0.15) is 42.4 Å². The molecule has 2 fully saturated rings. The summed E-state index contributed by atoms with van der Waals surface area (Å²) < 4.78 is 61.5. The van der Waals surface area contributed by atoms with Crippen molar-refractivity contribution in [3.05, 3.63) is 108 Å². The van der Waals surface area contributed by atoms with Crippen LogP contribution in [0, 0.1) is 0 Å². The lowest BCUT2D eigenvalue weighted by molar-refractivity contribution is -0.365. The number of hydrogen-bond donors (Lipinski definition) is 1. The maximum absolute atomic E-state index is 13.2. The number of aliphatic hydroxyl groups excluding tert-OH is 1. The number of carbonyl (C=O) groups excluding carboxylic acids is 3. The van der Waals surface area contributed by atoms with E-state index in [1.807, 2.05) is 91.0 Å². The van der Waals surface area contributed by atoms with Crippen LogP contribution in [0.5, 0.6) is 0 Å². The van der Waals surface area contributed by atoms with E-state index >= 15 is 0 Å². The normalized spacial score (nSPS) is 27.7. The van der Waals surface area contributed by atoms with E-state index in [2.05, 4.69) is 0 Å². The number of aliphatic hydroxyl groups is 1. The van der Waals surface area contributed by atoms with Gasteiger partial charge < -0.3 is 57.3 Å². The molecule has 2 aliphatic heterocycles. The van der Waals surface area contributed by atoms with E-state index in [1.54, 1.807) is 0 Å². The van der Waals surface area contributed by atoms with Gasteiger partial charge in [-0.1, -0.05) is 91.0 Å². The highest BCUT2D eigenvalue weighted by atomic mass is 16.8. The van der Waals surface area contributed by atoms with Crippen LogP contribution < -0.4 is 0 Å². The van der Waals surface area contributed by atoms with Crippen molar-refractivity contribution < 1.29 is 66.9 Å². The van der Waals surface area contributed by atoms with Crippen LogP contribution in [-0.2, 0) is 81.6 Å². The Morgan fingerprint density at radius 3 is 1.59 bits per heavy atom. The predicted molar refractivity (Wildman–Crippen MR) is 199 cm³/mol. The molecule has 0 amide bonds. The second-order valence-electron chi connectivity index (χ2n) is 13.6. The van der Waals surface area contributed by atoms with Crippen molar-refractivity contribution in [2.75, 3.05) is 27.4 Å². The van der Waals surface area contributed by atoms with Gasteiger partial charge in [0.2, 0.25) is 0 Å². The number of rotatable bonds is 20. The molecule has 0 saturated carbocycles. The topological polar surface area (TPSA) is 164 Å². The van der Waals surface area contributed by atoms with Gasteiger partial charge in [0.05, 0.1) is 39.5 Å². The third kappa shape index (κ3) is 12.5. The summed E-state index contributed by atoms with van der Waals surface area (Å²) in [7, 11) is 2.86. The maximum atomic E-state index is 13.2. The SMILES string of the molecule is CO[C@@H]1[C@@H](OC(C)=O)[C@H](O)O[C@H](COCc2ccccc2)[C@H]1O[C@H]1O[C@H](COCc2ccccc2)[C@@H](OC(=O)CCC(C)=O)[C@H](OC)[C@H]1OCc1ccccc1. The fourth-order valence-corrected chi connectivity index (χ4v) is 6.63. The van der Waals surface area contributed by atoms with Crippen molar-refractivity contribution in [3.63, 3.8) is 0 Å². The smallest absolute Gasteiger partial charge is 0.306 e. The Morgan fingerprint density at radius 1 is 0.589 bits per heavy atom. The first kappa shape index (κ1) is 43.0. The van der Waals surface area contributed by atoms with Crippen molar-refractivity contribution in [1.82, 2.24) is 0 Å². The fraction of sp³-hybridized carbons (Fsp3) is 0.500. The zero-order valence-corrected chi connectivity index (χ0v) is 32.1. The summed E-state index contributed by atoms with van der Waals surface area (Å²) >= 11 is 0. The van der Waals surface area contributed by atoms with Crippen LogP contribution in [0.1, 0.15) is 43.4 Å². The minimum absolute atomic E-state index is 0.00206. The second kappa shape index (κ2) is 22.0. The lowest BCUT2D eigenvalue weighted by atomic mass is 9.96. The summed E-state index contributed by atoms with van der Waals surface area (Å²) in [5, 5.41) is 11.0. The standard InChI is InChI=1S/C42H52O14/c1-27(43)20-21-34(45)55-35-33(26-50-23-30-16-10-6-11-17-30)54-42(40(38(35)48-4)51-24-31-18-12-7-13-19-31)56-36-32(25-49-22-29-14-8-5-9-15-29)53-41(46)39(37(36)47-3)52-28(2)44/h5-19,32-33,35-42,46H,20-26H2,1-4H3/t32-,33-,35-,36-,37+,38+,39-,40-,41-,42-/m1/s1. The summed E-state index contributed by atoms with van der Waals surface area (Å²) in [6.45, 7) is 3.06. The third-order valence-electron chi connectivity index (χ3n) is 9.36. The van der Waals surface area contributed by atoms with Crippen LogP contribution >= 0.6 is 0 Å². The first-order chi connectivity index (χ1) is 27.2. The number of ketones is 1. The van der Waals surface area contributed by atoms with Crippen LogP contribution in [0.4, 0.5) is 0 Å². The van der Waals surface area contributed by atoms with Gasteiger partial charge in [-0.15, -0.1) is 0 Å². The summed E-state index contributed by atoms with van der Waals surface area (Å²) in [5.41, 5.74) is 2.66. The van der Waals surface area contributed by atoms with Gasteiger partial charge in [0, 0.05) is 27.6 Å². The van der Waals surface area contributed by atoms with Crippen LogP contribution in [0.2, 0.25) is 0 Å². The summed E-state index contributed by atoms with van der Waals surface area (Å²) in [6, 6.07) is 28.5. The number of benzene rings is 3. The Balaban J connectivity index is 1.47. The van der Waals surface area contributed by atoms with Crippen molar-refractivity contribution >= 4 is 17.7 Å². The number of hydrogen-bond acceptors (Lipinski definition) is 14. The molecule has 5 rings (SSSR count). The molecular formula is C42H52O14. The Morgan fingerprint density at radius 2 is 1.09 bits per heavy atom. The van der Waals surface area contributed by atoms with E-state index in [9.17, 15) is 19.5 Å². The number of esters is 2. The average Bonchev–Trinajstić information content (AvgIpc) is 3.19. The quantitative estimate of drug-likeness (QED) is 0.163. The van der Waals surface area contributed by atoms with Crippen LogP contribution in [0.25, 0.3) is 0 Å². The predicted octanol–water partition coefficient (Wildman–Crippen LogP) is 4.08. The molecule has 3 aromatic carbocycles. The van der Waals surface area contributed by atoms with Gasteiger partial charge in [-0.2, -0.15) is 0 Å². The molecule has 0 aromatic heterocycles. The Kier molecular flexibility index (Phi) is 16.9. The molecule has 14 nitrogen and oxygen atoms in total. The van der Waals surface area contributed by atoms with E-state index in [4.69, 9.17) is 47.4 Å². The molecular weight excluding hydrogens is 728 g/mol. The van der Waals surface area contributed by atoms with E-state index in [0.29, 0.717) is 0 Å². The van der Waals surface area contributed by atoms with Gasteiger partial charge in [-0.25, -0.2) is 0 Å². The highest BCUT2D eigenvalue weighted by molar-refractivity contribution is 5.81. The third-order valence-corrected chi connectivity index (χ3v) is 9.36. The molecule has 10 atom stereocenters. The first-order valence-corrected chi connectivity index (χ1v) is 18.6. The fourth-order valence-electron chi connectivity index (χ4n) is 6.63. The summed E-state index contributed by atoms with van der Waals surface area (Å²) in [5.74, 6) is -1.45. The molecule has 0 aliphatic carbocycles. The Bertz CT molecular complexity index is 1630. The molecule has 0 bridgehead atoms.